The summed E-state index contributed by atoms with van der Waals surface area (Å²) in [4.78, 5) is 30.3. The Morgan fingerprint density at radius 1 is 0.805 bits per heavy atom. The highest BCUT2D eigenvalue weighted by atomic mass is 35.5. The molecule has 0 aromatic heterocycles. The monoisotopic (exact) mass is 578 g/mol. The van der Waals surface area contributed by atoms with Crippen molar-refractivity contribution < 1.29 is 28.5 Å². The Hall–Kier alpha value is -4.17. The Labute approximate surface area is 246 Å². The van der Waals surface area contributed by atoms with Gasteiger partial charge in [0.2, 0.25) is 11.7 Å². The van der Waals surface area contributed by atoms with Crippen LogP contribution in [-0.2, 0) is 4.79 Å². The van der Waals surface area contributed by atoms with E-state index in [4.69, 9.17) is 30.5 Å². The lowest BCUT2D eigenvalue weighted by Gasteiger charge is -2.34. The minimum Gasteiger partial charge on any atom is -0.494 e. The number of carbonyl (C=O) groups is 2. The van der Waals surface area contributed by atoms with E-state index < -0.39 is 0 Å². The lowest BCUT2D eigenvalue weighted by molar-refractivity contribution is -0.127. The molecule has 0 atom stereocenters. The Balaban J connectivity index is 1.54. The molecule has 9 heteroatoms. The van der Waals surface area contributed by atoms with E-state index in [9.17, 15) is 9.59 Å². The van der Waals surface area contributed by atoms with Crippen molar-refractivity contribution in [1.82, 2.24) is 9.80 Å². The fourth-order valence-electron chi connectivity index (χ4n) is 4.85. The van der Waals surface area contributed by atoms with Crippen LogP contribution in [0.1, 0.15) is 34.0 Å². The number of ether oxygens (including phenoxy) is 4. The summed E-state index contributed by atoms with van der Waals surface area (Å²) in [6.07, 6.45) is 1.65. The number of methoxy groups -OCH3 is 3. The molecule has 0 aliphatic carbocycles. The molecule has 8 nitrogen and oxygen atoms in total. The summed E-state index contributed by atoms with van der Waals surface area (Å²) in [5, 5.41) is 0.600. The predicted molar refractivity (Wildman–Crippen MR) is 159 cm³/mol. The van der Waals surface area contributed by atoms with E-state index in [0.29, 0.717) is 60.6 Å². The van der Waals surface area contributed by atoms with Crippen molar-refractivity contribution in [2.75, 3.05) is 54.1 Å². The van der Waals surface area contributed by atoms with Gasteiger partial charge in [-0.25, -0.2) is 0 Å². The van der Waals surface area contributed by atoms with Gasteiger partial charge in [0.1, 0.15) is 5.75 Å². The van der Waals surface area contributed by atoms with Crippen molar-refractivity contribution in [2.45, 2.75) is 13.8 Å². The van der Waals surface area contributed by atoms with Crippen LogP contribution in [0.15, 0.2) is 60.7 Å². The van der Waals surface area contributed by atoms with E-state index in [1.807, 2.05) is 56.3 Å². The average molecular weight is 579 g/mol. The fraction of sp³-hybridized carbons (Fsp3) is 0.312. The molecule has 2 amide bonds. The lowest BCUT2D eigenvalue weighted by Crippen LogP contribution is -2.50. The maximum Gasteiger partial charge on any atom is 0.254 e. The van der Waals surface area contributed by atoms with Crippen molar-refractivity contribution in [2.24, 2.45) is 0 Å². The van der Waals surface area contributed by atoms with Gasteiger partial charge in [-0.2, -0.15) is 0 Å². The lowest BCUT2D eigenvalue weighted by atomic mass is 9.96. The zero-order valence-corrected chi connectivity index (χ0v) is 24.8. The molecule has 0 N–H and O–H groups in total. The fourth-order valence-corrected chi connectivity index (χ4v) is 5.14. The van der Waals surface area contributed by atoms with E-state index in [1.165, 1.54) is 21.3 Å². The number of rotatable bonds is 9. The summed E-state index contributed by atoms with van der Waals surface area (Å²) in [5.41, 5.74) is 3.91. The minimum absolute atomic E-state index is 0.133. The summed E-state index contributed by atoms with van der Waals surface area (Å²) in [6.45, 7) is 6.06. The smallest absolute Gasteiger partial charge is 0.254 e. The second kappa shape index (κ2) is 13.5. The Morgan fingerprint density at radius 3 is 1.95 bits per heavy atom. The topological polar surface area (TPSA) is 77.5 Å². The van der Waals surface area contributed by atoms with E-state index >= 15 is 0 Å². The number of hydrogen-bond acceptors (Lipinski definition) is 6. The summed E-state index contributed by atoms with van der Waals surface area (Å²) in [6, 6.07) is 16.7. The number of aryl methyl sites for hydroxylation is 1. The number of piperazine rings is 1. The highest BCUT2D eigenvalue weighted by molar-refractivity contribution is 6.30. The molecule has 0 bridgehead atoms. The van der Waals surface area contributed by atoms with Gasteiger partial charge in [0.25, 0.3) is 5.91 Å². The van der Waals surface area contributed by atoms with E-state index in [0.717, 1.165) is 28.0 Å². The molecule has 1 heterocycles. The van der Waals surface area contributed by atoms with Gasteiger partial charge < -0.3 is 28.7 Å². The first-order valence-electron chi connectivity index (χ1n) is 13.4. The van der Waals surface area contributed by atoms with Crippen LogP contribution in [0.25, 0.3) is 5.57 Å². The molecule has 4 rings (SSSR count). The highest BCUT2D eigenvalue weighted by Gasteiger charge is 2.26. The quantitative estimate of drug-likeness (QED) is 0.313. The summed E-state index contributed by atoms with van der Waals surface area (Å²) in [5.74, 6) is 1.70. The molecule has 0 spiro atoms. The average Bonchev–Trinajstić information content (AvgIpc) is 2.98. The summed E-state index contributed by atoms with van der Waals surface area (Å²) in [7, 11) is 4.53. The summed E-state index contributed by atoms with van der Waals surface area (Å²) < 4.78 is 21.8. The van der Waals surface area contributed by atoms with Gasteiger partial charge in [-0.05, 0) is 72.5 Å². The van der Waals surface area contributed by atoms with Crippen LogP contribution >= 0.6 is 11.6 Å². The normalized spacial score (nSPS) is 13.6. The second-order valence-corrected chi connectivity index (χ2v) is 10.0. The molecule has 0 saturated carbocycles. The zero-order valence-electron chi connectivity index (χ0n) is 24.0. The van der Waals surface area contributed by atoms with E-state index in [2.05, 4.69) is 0 Å². The Morgan fingerprint density at radius 2 is 1.41 bits per heavy atom. The van der Waals surface area contributed by atoms with Gasteiger partial charge in [0.05, 0.1) is 27.9 Å². The van der Waals surface area contributed by atoms with Crippen LogP contribution in [0, 0.1) is 6.92 Å². The molecular formula is C32H35ClN2O6. The molecule has 3 aromatic rings. The third-order valence-electron chi connectivity index (χ3n) is 6.89. The molecule has 41 heavy (non-hydrogen) atoms. The molecule has 3 aromatic carbocycles. The number of benzene rings is 3. The SMILES string of the molecule is CCOc1ccc(C(=CC(=O)N2CCN(C(=O)c3cc(OC)c(OC)c(OC)c3)CC2)c2cc(C)cc(Cl)c2)cc1. The third-order valence-corrected chi connectivity index (χ3v) is 7.11. The maximum atomic E-state index is 13.5. The number of carbonyl (C=O) groups excluding carboxylic acids is 2. The van der Waals surface area contributed by atoms with Crippen LogP contribution < -0.4 is 18.9 Å². The molecule has 0 radical (unpaired) electrons. The first kappa shape index (κ1) is 29.8. The number of halogens is 1. The predicted octanol–water partition coefficient (Wildman–Crippen LogP) is 5.49. The summed E-state index contributed by atoms with van der Waals surface area (Å²) >= 11 is 6.38. The second-order valence-electron chi connectivity index (χ2n) is 9.56. The van der Waals surface area contributed by atoms with Gasteiger partial charge in [0, 0.05) is 42.8 Å². The van der Waals surface area contributed by atoms with Crippen molar-refractivity contribution in [3.8, 4) is 23.0 Å². The van der Waals surface area contributed by atoms with Crippen molar-refractivity contribution >= 4 is 29.0 Å². The molecule has 0 unspecified atom stereocenters. The zero-order chi connectivity index (χ0) is 29.5. The molecule has 1 saturated heterocycles. The van der Waals surface area contributed by atoms with Crippen LogP contribution in [0.3, 0.4) is 0 Å². The van der Waals surface area contributed by atoms with Gasteiger partial charge in [-0.3, -0.25) is 9.59 Å². The molecule has 1 aliphatic rings. The third kappa shape index (κ3) is 6.95. The Bertz CT molecular complexity index is 1380. The minimum atomic E-state index is -0.170. The molecule has 1 aliphatic heterocycles. The number of hydrogen-bond donors (Lipinski definition) is 0. The van der Waals surface area contributed by atoms with Crippen LogP contribution in [-0.4, -0.2) is 75.7 Å². The molecule has 216 valence electrons. The maximum absolute atomic E-state index is 13.5. The van der Waals surface area contributed by atoms with Crippen molar-refractivity contribution in [3.05, 3.63) is 87.9 Å². The van der Waals surface area contributed by atoms with Gasteiger partial charge in [-0.1, -0.05) is 29.8 Å². The van der Waals surface area contributed by atoms with Crippen LogP contribution in [0.4, 0.5) is 0 Å². The first-order chi connectivity index (χ1) is 19.8. The van der Waals surface area contributed by atoms with Gasteiger partial charge >= 0.3 is 0 Å². The molecule has 1 fully saturated rings. The highest BCUT2D eigenvalue weighted by Crippen LogP contribution is 2.38. The number of nitrogens with zero attached hydrogens (tertiary/aromatic N) is 2. The Kier molecular flexibility index (Phi) is 9.78. The molecular weight excluding hydrogens is 544 g/mol. The largest absolute Gasteiger partial charge is 0.494 e. The van der Waals surface area contributed by atoms with Gasteiger partial charge in [0.15, 0.2) is 11.5 Å². The van der Waals surface area contributed by atoms with Crippen molar-refractivity contribution in [3.63, 3.8) is 0 Å². The van der Waals surface area contributed by atoms with Crippen LogP contribution in [0.2, 0.25) is 5.02 Å². The van der Waals surface area contributed by atoms with Gasteiger partial charge in [-0.15, -0.1) is 0 Å². The number of amides is 2. The van der Waals surface area contributed by atoms with Crippen LogP contribution in [0.5, 0.6) is 23.0 Å². The van der Waals surface area contributed by atoms with E-state index in [1.54, 1.807) is 28.0 Å². The van der Waals surface area contributed by atoms with E-state index in [-0.39, 0.29) is 11.8 Å². The first-order valence-corrected chi connectivity index (χ1v) is 13.8. The van der Waals surface area contributed by atoms with Crippen molar-refractivity contribution in [1.29, 1.82) is 0 Å². The standard InChI is InChI=1S/C32H35ClN2O6/c1-6-41-26-9-7-22(8-10-26)27(23-15-21(2)16-25(33)17-23)20-30(36)34-11-13-35(14-12-34)32(37)24-18-28(38-3)31(40-5)29(19-24)39-4/h7-10,15-20H,6,11-14H2,1-5H3.